The molecule has 0 N–H and O–H groups in total. The van der Waals surface area contributed by atoms with Gasteiger partial charge in [-0.3, -0.25) is 9.69 Å². The Labute approximate surface area is 220 Å². The Balaban J connectivity index is 1.22. The van der Waals surface area contributed by atoms with E-state index in [2.05, 4.69) is 69.2 Å². The number of benzene rings is 1. The Morgan fingerprint density at radius 1 is 0.919 bits per heavy atom. The lowest BCUT2D eigenvalue weighted by Gasteiger charge is -2.50. The standard InChI is InChI=1S/C30H38N6O/c1-23-28(24(2)33-22-32-23)29(37)34-19-14-30(3,15-20-34)35-17-12-26(13-18-35)36(27-11-7-8-16-31-27)21-25-9-5-4-6-10-25/h4-11,16,22,26H,12-15,17-21H2,1-3H3. The summed E-state index contributed by atoms with van der Waals surface area (Å²) in [4.78, 5) is 33.6. The third-order valence-corrected chi connectivity index (χ3v) is 8.38. The molecule has 3 aromatic rings. The van der Waals surface area contributed by atoms with Gasteiger partial charge in [0.2, 0.25) is 0 Å². The second-order valence-corrected chi connectivity index (χ2v) is 10.7. The Hall–Kier alpha value is -3.32. The van der Waals surface area contributed by atoms with Crippen molar-refractivity contribution in [2.75, 3.05) is 31.1 Å². The number of nitrogens with zero attached hydrogens (tertiary/aromatic N) is 6. The van der Waals surface area contributed by atoms with E-state index in [4.69, 9.17) is 4.98 Å². The van der Waals surface area contributed by atoms with Crippen LogP contribution in [0.3, 0.4) is 0 Å². The lowest BCUT2D eigenvalue weighted by Crippen LogP contribution is -2.58. The third kappa shape index (κ3) is 5.52. The van der Waals surface area contributed by atoms with Gasteiger partial charge in [0, 0.05) is 50.5 Å². The number of hydrogen-bond acceptors (Lipinski definition) is 6. The van der Waals surface area contributed by atoms with E-state index < -0.39 is 0 Å². The average molecular weight is 499 g/mol. The fraction of sp³-hybridized carbons (Fsp3) is 0.467. The fourth-order valence-electron chi connectivity index (χ4n) is 5.99. The lowest BCUT2D eigenvalue weighted by atomic mass is 9.85. The van der Waals surface area contributed by atoms with E-state index in [-0.39, 0.29) is 11.4 Å². The minimum atomic E-state index is 0.0725. The smallest absolute Gasteiger partial charge is 0.257 e. The minimum Gasteiger partial charge on any atom is -0.349 e. The van der Waals surface area contributed by atoms with Crippen molar-refractivity contribution in [3.05, 3.63) is 83.6 Å². The first kappa shape index (κ1) is 25.3. The predicted octanol–water partition coefficient (Wildman–Crippen LogP) is 4.65. The molecule has 37 heavy (non-hydrogen) atoms. The summed E-state index contributed by atoms with van der Waals surface area (Å²) < 4.78 is 0. The van der Waals surface area contributed by atoms with Crippen molar-refractivity contribution in [3.63, 3.8) is 0 Å². The van der Waals surface area contributed by atoms with Gasteiger partial charge in [0.1, 0.15) is 12.1 Å². The molecular weight excluding hydrogens is 460 g/mol. The van der Waals surface area contributed by atoms with Crippen LogP contribution in [0.25, 0.3) is 0 Å². The number of likely N-dealkylation sites (tertiary alicyclic amines) is 2. The van der Waals surface area contributed by atoms with E-state index >= 15 is 0 Å². The Kier molecular flexibility index (Phi) is 7.51. The van der Waals surface area contributed by atoms with Crippen LogP contribution in [-0.4, -0.2) is 68.4 Å². The van der Waals surface area contributed by atoms with Gasteiger partial charge >= 0.3 is 0 Å². The van der Waals surface area contributed by atoms with Crippen molar-refractivity contribution in [3.8, 4) is 0 Å². The SMILES string of the molecule is Cc1ncnc(C)c1C(=O)N1CCC(C)(N2CCC(N(Cc3ccccc3)c3ccccn3)CC2)CC1. The van der Waals surface area contributed by atoms with Crippen LogP contribution in [0.5, 0.6) is 0 Å². The molecular formula is C30H38N6O. The van der Waals surface area contributed by atoms with Crippen LogP contribution in [0.15, 0.2) is 61.1 Å². The molecule has 194 valence electrons. The van der Waals surface area contributed by atoms with Gasteiger partial charge in [0.15, 0.2) is 0 Å². The fourth-order valence-corrected chi connectivity index (χ4v) is 5.99. The molecule has 0 radical (unpaired) electrons. The number of carbonyl (C=O) groups excluding carboxylic acids is 1. The van der Waals surface area contributed by atoms with Gasteiger partial charge in [0.05, 0.1) is 17.0 Å². The Morgan fingerprint density at radius 2 is 1.57 bits per heavy atom. The molecule has 0 aliphatic carbocycles. The van der Waals surface area contributed by atoms with Crippen molar-refractivity contribution in [2.24, 2.45) is 0 Å². The summed E-state index contributed by atoms with van der Waals surface area (Å²) in [7, 11) is 0. The highest BCUT2D eigenvalue weighted by atomic mass is 16.2. The Morgan fingerprint density at radius 3 is 2.19 bits per heavy atom. The summed E-state index contributed by atoms with van der Waals surface area (Å²) in [6, 6.07) is 17.3. The van der Waals surface area contributed by atoms with E-state index in [1.165, 1.54) is 11.9 Å². The molecule has 4 heterocycles. The molecule has 7 heteroatoms. The molecule has 2 aromatic heterocycles. The molecule has 1 amide bonds. The summed E-state index contributed by atoms with van der Waals surface area (Å²) in [5, 5.41) is 0. The largest absolute Gasteiger partial charge is 0.349 e. The van der Waals surface area contributed by atoms with Gasteiger partial charge < -0.3 is 9.80 Å². The van der Waals surface area contributed by atoms with Gasteiger partial charge in [0.25, 0.3) is 5.91 Å². The quantitative estimate of drug-likeness (QED) is 0.493. The zero-order valence-corrected chi connectivity index (χ0v) is 22.3. The first-order chi connectivity index (χ1) is 17.9. The van der Waals surface area contributed by atoms with Crippen LogP contribution in [0.1, 0.15) is 59.9 Å². The molecule has 2 fully saturated rings. The highest BCUT2D eigenvalue weighted by Crippen LogP contribution is 2.34. The first-order valence-corrected chi connectivity index (χ1v) is 13.5. The Bertz CT molecular complexity index is 1160. The number of rotatable bonds is 6. The monoisotopic (exact) mass is 498 g/mol. The maximum Gasteiger partial charge on any atom is 0.257 e. The minimum absolute atomic E-state index is 0.0725. The van der Waals surface area contributed by atoms with Gasteiger partial charge in [-0.15, -0.1) is 0 Å². The number of carbonyl (C=O) groups is 1. The van der Waals surface area contributed by atoms with Gasteiger partial charge in [-0.2, -0.15) is 0 Å². The normalized spacial score (nSPS) is 18.5. The number of aromatic nitrogens is 3. The molecule has 0 atom stereocenters. The summed E-state index contributed by atoms with van der Waals surface area (Å²) in [6.45, 7) is 10.7. The molecule has 2 aliphatic rings. The van der Waals surface area contributed by atoms with Crippen LogP contribution >= 0.6 is 0 Å². The van der Waals surface area contributed by atoms with Crippen molar-refractivity contribution in [2.45, 2.75) is 64.6 Å². The average Bonchev–Trinajstić information content (AvgIpc) is 2.93. The summed E-state index contributed by atoms with van der Waals surface area (Å²) >= 11 is 0. The number of piperidine rings is 2. The number of pyridine rings is 1. The van der Waals surface area contributed by atoms with Crippen LogP contribution in [-0.2, 0) is 6.54 Å². The number of amides is 1. The third-order valence-electron chi connectivity index (χ3n) is 8.38. The molecule has 0 unspecified atom stereocenters. The topological polar surface area (TPSA) is 65.5 Å². The molecule has 0 saturated carbocycles. The number of aryl methyl sites for hydroxylation is 2. The maximum atomic E-state index is 13.3. The predicted molar refractivity (Wildman–Crippen MR) is 147 cm³/mol. The van der Waals surface area contributed by atoms with Gasteiger partial charge in [-0.05, 0) is 64.2 Å². The van der Waals surface area contributed by atoms with Crippen LogP contribution in [0.2, 0.25) is 0 Å². The first-order valence-electron chi connectivity index (χ1n) is 13.5. The highest BCUT2D eigenvalue weighted by molar-refractivity contribution is 5.96. The summed E-state index contributed by atoms with van der Waals surface area (Å²) in [5.74, 6) is 1.13. The van der Waals surface area contributed by atoms with Crippen LogP contribution < -0.4 is 4.90 Å². The maximum absolute atomic E-state index is 13.3. The van der Waals surface area contributed by atoms with Gasteiger partial charge in [-0.1, -0.05) is 36.4 Å². The van der Waals surface area contributed by atoms with E-state index in [1.54, 1.807) is 0 Å². The molecule has 2 aliphatic heterocycles. The molecule has 1 aromatic carbocycles. The molecule has 5 rings (SSSR count). The zero-order chi connectivity index (χ0) is 25.8. The van der Waals surface area contributed by atoms with Crippen LogP contribution in [0.4, 0.5) is 5.82 Å². The molecule has 0 bridgehead atoms. The van der Waals surface area contributed by atoms with Crippen LogP contribution in [0, 0.1) is 13.8 Å². The van der Waals surface area contributed by atoms with Crippen molar-refractivity contribution < 1.29 is 4.79 Å². The van der Waals surface area contributed by atoms with E-state index in [9.17, 15) is 4.79 Å². The molecule has 2 saturated heterocycles. The van der Waals surface area contributed by atoms with Gasteiger partial charge in [-0.25, -0.2) is 15.0 Å². The highest BCUT2D eigenvalue weighted by Gasteiger charge is 2.39. The number of anilines is 1. The van der Waals surface area contributed by atoms with E-state index in [0.29, 0.717) is 11.6 Å². The second kappa shape index (κ2) is 11.0. The van der Waals surface area contributed by atoms with E-state index in [0.717, 1.165) is 75.6 Å². The lowest BCUT2D eigenvalue weighted by molar-refractivity contribution is 0.0170. The molecule has 0 spiro atoms. The molecule has 7 nitrogen and oxygen atoms in total. The summed E-state index contributed by atoms with van der Waals surface area (Å²) in [6.07, 6.45) is 7.63. The van der Waals surface area contributed by atoms with Crippen molar-refractivity contribution in [1.82, 2.24) is 24.8 Å². The number of hydrogen-bond donors (Lipinski definition) is 0. The van der Waals surface area contributed by atoms with Crippen molar-refractivity contribution in [1.29, 1.82) is 0 Å². The summed E-state index contributed by atoms with van der Waals surface area (Å²) in [5.41, 5.74) is 3.63. The van der Waals surface area contributed by atoms with Crippen molar-refractivity contribution >= 4 is 11.7 Å². The second-order valence-electron chi connectivity index (χ2n) is 10.7. The van der Waals surface area contributed by atoms with E-state index in [1.807, 2.05) is 31.0 Å². The zero-order valence-electron chi connectivity index (χ0n) is 22.3.